The van der Waals surface area contributed by atoms with Crippen LogP contribution in [0.1, 0.15) is 5.69 Å². The van der Waals surface area contributed by atoms with E-state index in [1.807, 2.05) is 12.3 Å². The molecule has 0 fully saturated rings. The fraction of sp³-hybridized carbons (Fsp3) is 0.333. The molecule has 17 heavy (non-hydrogen) atoms. The summed E-state index contributed by atoms with van der Waals surface area (Å²) in [6.45, 7) is 1.45. The van der Waals surface area contributed by atoms with E-state index < -0.39 is 13.0 Å². The van der Waals surface area contributed by atoms with Crippen LogP contribution in [0.4, 0.5) is 19.6 Å². The van der Waals surface area contributed by atoms with Crippen molar-refractivity contribution >= 4 is 33.7 Å². The molecular weight excluding hydrogens is 266 g/mol. The molecule has 0 amide bonds. The second kappa shape index (κ2) is 4.92. The highest BCUT2D eigenvalue weighted by Crippen LogP contribution is 2.38. The molecule has 0 aliphatic heterocycles. The normalized spacial score (nSPS) is 11.1. The summed E-state index contributed by atoms with van der Waals surface area (Å²) >= 11 is 2.49. The number of alkyl halides is 2. The van der Waals surface area contributed by atoms with Crippen LogP contribution in [-0.2, 0) is 0 Å². The van der Waals surface area contributed by atoms with Crippen LogP contribution in [0.5, 0.6) is 0 Å². The molecule has 0 aliphatic carbocycles. The van der Waals surface area contributed by atoms with Crippen LogP contribution in [0, 0.1) is 6.92 Å². The van der Waals surface area contributed by atoms with E-state index in [0.717, 1.165) is 17.2 Å². The van der Waals surface area contributed by atoms with Crippen molar-refractivity contribution in [3.8, 4) is 10.6 Å². The SMILES string of the molecule is Cc1csc(-c2c(N)nsc2NCC(F)F)n1. The first kappa shape index (κ1) is 12.2. The van der Waals surface area contributed by atoms with Gasteiger partial charge in [0.2, 0.25) is 0 Å². The third-order valence-electron chi connectivity index (χ3n) is 1.97. The molecular formula is C9H10F2N4S2. The smallest absolute Gasteiger partial charge is 0.255 e. The van der Waals surface area contributed by atoms with Gasteiger partial charge in [-0.1, -0.05) is 0 Å². The molecule has 3 N–H and O–H groups in total. The average molecular weight is 276 g/mol. The molecule has 2 aromatic heterocycles. The van der Waals surface area contributed by atoms with E-state index in [0.29, 0.717) is 21.4 Å². The lowest BCUT2D eigenvalue weighted by atomic mass is 10.3. The van der Waals surface area contributed by atoms with E-state index in [2.05, 4.69) is 14.7 Å². The minimum Gasteiger partial charge on any atom is -0.382 e. The highest BCUT2D eigenvalue weighted by Gasteiger charge is 2.17. The van der Waals surface area contributed by atoms with Crippen molar-refractivity contribution in [3.63, 3.8) is 0 Å². The first-order valence-corrected chi connectivity index (χ1v) is 6.43. The van der Waals surface area contributed by atoms with Crippen LogP contribution >= 0.6 is 22.9 Å². The number of hydrogen-bond donors (Lipinski definition) is 2. The van der Waals surface area contributed by atoms with Crippen LogP contribution in [-0.4, -0.2) is 22.3 Å². The van der Waals surface area contributed by atoms with Crippen LogP contribution in [0.2, 0.25) is 0 Å². The van der Waals surface area contributed by atoms with Crippen molar-refractivity contribution in [1.82, 2.24) is 9.36 Å². The zero-order valence-electron chi connectivity index (χ0n) is 8.91. The highest BCUT2D eigenvalue weighted by molar-refractivity contribution is 7.15. The highest BCUT2D eigenvalue weighted by atomic mass is 32.1. The lowest BCUT2D eigenvalue weighted by Crippen LogP contribution is -2.09. The summed E-state index contributed by atoms with van der Waals surface area (Å²) in [6.07, 6.45) is -2.41. The number of nitrogens with zero attached hydrogens (tertiary/aromatic N) is 2. The van der Waals surface area contributed by atoms with Crippen molar-refractivity contribution in [2.75, 3.05) is 17.6 Å². The Kier molecular flexibility index (Phi) is 3.53. The Morgan fingerprint density at radius 2 is 2.29 bits per heavy atom. The Bertz CT molecular complexity index is 509. The summed E-state index contributed by atoms with van der Waals surface area (Å²) in [5.41, 5.74) is 7.22. The Hall–Kier alpha value is -1.28. The second-order valence-corrected chi connectivity index (χ2v) is 4.97. The Morgan fingerprint density at radius 3 is 2.88 bits per heavy atom. The van der Waals surface area contributed by atoms with Gasteiger partial charge < -0.3 is 11.1 Å². The van der Waals surface area contributed by atoms with E-state index in [4.69, 9.17) is 5.73 Å². The van der Waals surface area contributed by atoms with Crippen molar-refractivity contribution in [3.05, 3.63) is 11.1 Å². The molecule has 2 aromatic rings. The number of hydrogen-bond acceptors (Lipinski definition) is 6. The largest absolute Gasteiger partial charge is 0.382 e. The van der Waals surface area contributed by atoms with Gasteiger partial charge in [0.15, 0.2) is 0 Å². The molecule has 0 aliphatic rings. The maximum Gasteiger partial charge on any atom is 0.255 e. The molecule has 0 atom stereocenters. The zero-order valence-corrected chi connectivity index (χ0v) is 10.5. The number of aryl methyl sites for hydroxylation is 1. The van der Waals surface area contributed by atoms with Crippen LogP contribution in [0.3, 0.4) is 0 Å². The Balaban J connectivity index is 2.29. The topological polar surface area (TPSA) is 63.8 Å². The molecule has 0 saturated carbocycles. The first-order chi connectivity index (χ1) is 8.08. The van der Waals surface area contributed by atoms with Gasteiger partial charge in [0.05, 0.1) is 12.1 Å². The van der Waals surface area contributed by atoms with Crippen LogP contribution < -0.4 is 11.1 Å². The Morgan fingerprint density at radius 1 is 1.53 bits per heavy atom. The molecule has 0 aromatic carbocycles. The number of rotatable bonds is 4. The fourth-order valence-corrected chi connectivity index (χ4v) is 2.91. The van der Waals surface area contributed by atoms with Crippen molar-refractivity contribution < 1.29 is 8.78 Å². The number of nitrogens with two attached hydrogens (primary N) is 1. The molecule has 8 heteroatoms. The van der Waals surface area contributed by atoms with Gasteiger partial charge in [0.1, 0.15) is 15.8 Å². The van der Waals surface area contributed by atoms with E-state index in [1.165, 1.54) is 11.3 Å². The van der Waals surface area contributed by atoms with Gasteiger partial charge in [-0.05, 0) is 18.5 Å². The lowest BCUT2D eigenvalue weighted by molar-refractivity contribution is 0.163. The number of anilines is 2. The van der Waals surface area contributed by atoms with Crippen molar-refractivity contribution in [2.24, 2.45) is 0 Å². The minimum atomic E-state index is -2.41. The summed E-state index contributed by atoms with van der Waals surface area (Å²) in [5.74, 6) is 0.320. The van der Waals surface area contributed by atoms with Gasteiger partial charge in [0, 0.05) is 11.1 Å². The molecule has 4 nitrogen and oxygen atoms in total. The van der Waals surface area contributed by atoms with Gasteiger partial charge in [0.25, 0.3) is 6.43 Å². The first-order valence-electron chi connectivity index (χ1n) is 4.77. The molecule has 0 saturated heterocycles. The standard InChI is InChI=1S/C9H10F2N4S2/c1-4-3-16-9(14-4)6-7(12)15-17-8(6)13-2-5(10)11/h3,5,13H,2H2,1H3,(H2,12,15). The molecule has 92 valence electrons. The molecule has 0 radical (unpaired) electrons. The van der Waals surface area contributed by atoms with E-state index in [-0.39, 0.29) is 0 Å². The summed E-state index contributed by atoms with van der Waals surface area (Å²) in [6, 6.07) is 0. The minimum absolute atomic E-state index is 0.320. The molecule has 0 bridgehead atoms. The van der Waals surface area contributed by atoms with Gasteiger partial charge in [-0.3, -0.25) is 0 Å². The van der Waals surface area contributed by atoms with Crippen molar-refractivity contribution in [2.45, 2.75) is 13.3 Å². The number of nitrogens with one attached hydrogen (secondary N) is 1. The quantitative estimate of drug-likeness (QED) is 0.901. The second-order valence-electron chi connectivity index (χ2n) is 3.34. The number of nitrogen functional groups attached to an aromatic ring is 1. The van der Waals surface area contributed by atoms with Gasteiger partial charge in [-0.2, -0.15) is 4.37 Å². The van der Waals surface area contributed by atoms with E-state index in [9.17, 15) is 8.78 Å². The molecule has 0 spiro atoms. The summed E-state index contributed by atoms with van der Waals surface area (Å²) in [5, 5.41) is 5.75. The average Bonchev–Trinajstić information content (AvgIpc) is 2.82. The maximum atomic E-state index is 12.1. The number of aromatic nitrogens is 2. The van der Waals surface area contributed by atoms with E-state index >= 15 is 0 Å². The third-order valence-corrected chi connectivity index (χ3v) is 3.76. The monoisotopic (exact) mass is 276 g/mol. The molecule has 2 rings (SSSR count). The fourth-order valence-electron chi connectivity index (χ4n) is 1.27. The van der Waals surface area contributed by atoms with Gasteiger partial charge in [-0.15, -0.1) is 11.3 Å². The third kappa shape index (κ3) is 2.70. The lowest BCUT2D eigenvalue weighted by Gasteiger charge is -2.04. The number of thiazole rings is 1. The summed E-state index contributed by atoms with van der Waals surface area (Å²) in [7, 11) is 0. The zero-order chi connectivity index (χ0) is 12.4. The maximum absolute atomic E-state index is 12.1. The van der Waals surface area contributed by atoms with Crippen LogP contribution in [0.15, 0.2) is 5.38 Å². The number of halogens is 2. The summed E-state index contributed by atoms with van der Waals surface area (Å²) < 4.78 is 28.2. The predicted octanol–water partition coefficient (Wildman–Crippen LogP) is 2.83. The predicted molar refractivity (Wildman–Crippen MR) is 66.9 cm³/mol. The molecule has 2 heterocycles. The summed E-state index contributed by atoms with van der Waals surface area (Å²) in [4.78, 5) is 4.28. The van der Waals surface area contributed by atoms with Gasteiger partial charge >= 0.3 is 0 Å². The Labute approximate surface area is 105 Å². The molecule has 0 unspecified atom stereocenters. The van der Waals surface area contributed by atoms with Gasteiger partial charge in [-0.25, -0.2) is 13.8 Å². The van der Waals surface area contributed by atoms with E-state index in [1.54, 1.807) is 0 Å². The van der Waals surface area contributed by atoms with Crippen LogP contribution in [0.25, 0.3) is 10.6 Å². The van der Waals surface area contributed by atoms with Crippen molar-refractivity contribution in [1.29, 1.82) is 0 Å².